The van der Waals surface area contributed by atoms with E-state index in [-0.39, 0.29) is 29.3 Å². The molecule has 9 heteroatoms. The lowest BCUT2D eigenvalue weighted by molar-refractivity contribution is 0.0498. The SMILES string of the molecule is COc1c(C)c(O)c2c(c1O)C(=COC(N)=O)[C@@]1(OC)[C@H]3N[C@H]3CN21. The third-order valence-corrected chi connectivity index (χ3v) is 5.23. The second kappa shape index (κ2) is 4.93. The molecule has 1 amide bonds. The maximum Gasteiger partial charge on any atom is 0.409 e. The van der Waals surface area contributed by atoms with Gasteiger partial charge in [0.2, 0.25) is 0 Å². The first kappa shape index (κ1) is 15.9. The highest BCUT2D eigenvalue weighted by molar-refractivity contribution is 5.99. The molecule has 3 atom stereocenters. The fourth-order valence-electron chi connectivity index (χ4n) is 4.15. The van der Waals surface area contributed by atoms with Gasteiger partial charge in [-0.2, -0.15) is 0 Å². The predicted octanol–water partition coefficient (Wildman–Crippen LogP) is 0.368. The molecule has 0 bridgehead atoms. The van der Waals surface area contributed by atoms with Crippen LogP contribution in [0.1, 0.15) is 11.1 Å². The van der Waals surface area contributed by atoms with Gasteiger partial charge in [-0.15, -0.1) is 0 Å². The van der Waals surface area contributed by atoms with Crippen molar-refractivity contribution in [3.05, 3.63) is 17.4 Å². The molecule has 9 nitrogen and oxygen atoms in total. The first-order valence-corrected chi connectivity index (χ1v) is 7.76. The van der Waals surface area contributed by atoms with Crippen molar-refractivity contribution in [2.45, 2.75) is 24.7 Å². The molecule has 0 unspecified atom stereocenters. The number of fused-ring (bicyclic) bond motifs is 5. The molecule has 1 aromatic rings. The Bertz CT molecular complexity index is 823. The highest BCUT2D eigenvalue weighted by atomic mass is 16.5. The van der Waals surface area contributed by atoms with Gasteiger partial charge >= 0.3 is 6.09 Å². The van der Waals surface area contributed by atoms with Crippen LogP contribution >= 0.6 is 0 Å². The summed E-state index contributed by atoms with van der Waals surface area (Å²) in [5.41, 5.74) is 5.61. The summed E-state index contributed by atoms with van der Waals surface area (Å²) in [6.45, 7) is 2.22. The molecule has 134 valence electrons. The number of hydrogen-bond donors (Lipinski definition) is 4. The Balaban J connectivity index is 2.02. The Morgan fingerprint density at radius 1 is 1.40 bits per heavy atom. The van der Waals surface area contributed by atoms with Crippen LogP contribution in [0, 0.1) is 6.92 Å². The Morgan fingerprint density at radius 2 is 2.12 bits per heavy atom. The van der Waals surface area contributed by atoms with Crippen LogP contribution in [0.15, 0.2) is 6.26 Å². The lowest BCUT2D eigenvalue weighted by Crippen LogP contribution is -2.50. The van der Waals surface area contributed by atoms with Gasteiger partial charge in [-0.1, -0.05) is 0 Å². The van der Waals surface area contributed by atoms with Crippen LogP contribution in [0.25, 0.3) is 5.57 Å². The Hall–Kier alpha value is -2.65. The topological polar surface area (TPSA) is 136 Å². The zero-order chi connectivity index (χ0) is 18.1. The van der Waals surface area contributed by atoms with Crippen molar-refractivity contribution in [1.29, 1.82) is 0 Å². The minimum Gasteiger partial charge on any atom is -0.505 e. The summed E-state index contributed by atoms with van der Waals surface area (Å²) in [5, 5.41) is 24.8. The van der Waals surface area contributed by atoms with Gasteiger partial charge in [0.15, 0.2) is 17.2 Å². The molecule has 25 heavy (non-hydrogen) atoms. The third-order valence-electron chi connectivity index (χ3n) is 5.23. The monoisotopic (exact) mass is 349 g/mol. The zero-order valence-electron chi connectivity index (χ0n) is 14.0. The molecule has 4 rings (SSSR count). The van der Waals surface area contributed by atoms with Crippen molar-refractivity contribution in [2.75, 3.05) is 25.7 Å². The van der Waals surface area contributed by atoms with Crippen molar-refractivity contribution < 1.29 is 29.2 Å². The number of primary amides is 1. The average Bonchev–Trinajstić information content (AvgIpc) is 3.18. The number of methoxy groups -OCH3 is 2. The molecule has 0 spiro atoms. The van der Waals surface area contributed by atoms with Gasteiger partial charge in [0.25, 0.3) is 0 Å². The number of piperazine rings is 1. The van der Waals surface area contributed by atoms with Crippen LogP contribution in [0.2, 0.25) is 0 Å². The fourth-order valence-corrected chi connectivity index (χ4v) is 4.15. The summed E-state index contributed by atoms with van der Waals surface area (Å²) >= 11 is 0. The molecule has 3 heterocycles. The number of nitrogens with two attached hydrogens (primary N) is 1. The van der Waals surface area contributed by atoms with Gasteiger partial charge in [0.1, 0.15) is 12.0 Å². The number of hydrogen-bond acceptors (Lipinski definition) is 8. The molecule has 3 aliphatic rings. The van der Waals surface area contributed by atoms with Crippen molar-refractivity contribution in [3.8, 4) is 17.2 Å². The number of phenols is 2. The number of phenolic OH excluding ortho intramolecular Hbond substituents is 2. The number of carbonyl (C=O) groups excluding carboxylic acids is 1. The predicted molar refractivity (Wildman–Crippen MR) is 87.5 cm³/mol. The molecule has 0 saturated carbocycles. The van der Waals surface area contributed by atoms with Crippen LogP contribution in [0.4, 0.5) is 10.5 Å². The van der Waals surface area contributed by atoms with E-state index in [9.17, 15) is 15.0 Å². The summed E-state index contributed by atoms with van der Waals surface area (Å²) in [4.78, 5) is 13.0. The van der Waals surface area contributed by atoms with Gasteiger partial charge in [-0.05, 0) is 6.92 Å². The van der Waals surface area contributed by atoms with Gasteiger partial charge in [-0.25, -0.2) is 4.79 Å². The van der Waals surface area contributed by atoms with E-state index in [1.807, 2.05) is 4.90 Å². The third kappa shape index (κ3) is 1.76. The summed E-state index contributed by atoms with van der Waals surface area (Å²) in [6.07, 6.45) is 0.181. The second-order valence-electron chi connectivity index (χ2n) is 6.31. The fraction of sp³-hybridized carbons (Fsp3) is 0.438. The highest BCUT2D eigenvalue weighted by Gasteiger charge is 2.69. The maximum atomic E-state index is 11.1. The molecule has 5 N–H and O–H groups in total. The zero-order valence-corrected chi connectivity index (χ0v) is 14.0. The molecule has 3 aliphatic heterocycles. The van der Waals surface area contributed by atoms with Crippen molar-refractivity contribution >= 4 is 17.4 Å². The lowest BCUT2D eigenvalue weighted by Gasteiger charge is -2.35. The van der Waals surface area contributed by atoms with Crippen LogP contribution < -0.4 is 20.7 Å². The molecule has 2 fully saturated rings. The lowest BCUT2D eigenvalue weighted by atomic mass is 9.95. The van der Waals surface area contributed by atoms with E-state index in [0.29, 0.717) is 28.9 Å². The van der Waals surface area contributed by atoms with Gasteiger partial charge in [0, 0.05) is 25.3 Å². The summed E-state index contributed by atoms with van der Waals surface area (Å²) < 4.78 is 16.0. The number of nitrogens with zero attached hydrogens (tertiary/aromatic N) is 1. The molecule has 0 aromatic heterocycles. The Kier molecular flexibility index (Phi) is 3.13. The second-order valence-corrected chi connectivity index (χ2v) is 6.31. The number of ether oxygens (including phenoxy) is 3. The van der Waals surface area contributed by atoms with Crippen LogP contribution in [-0.2, 0) is 9.47 Å². The number of nitrogens with one attached hydrogen (secondary N) is 1. The quantitative estimate of drug-likeness (QED) is 0.349. The molecule has 1 aromatic carbocycles. The minimum absolute atomic E-state index is 0.0187. The minimum atomic E-state index is -1.02. The average molecular weight is 349 g/mol. The Morgan fingerprint density at radius 3 is 2.72 bits per heavy atom. The van der Waals surface area contributed by atoms with Gasteiger partial charge < -0.3 is 40.4 Å². The summed E-state index contributed by atoms with van der Waals surface area (Å²) in [6, 6.07) is 0.103. The largest absolute Gasteiger partial charge is 0.505 e. The van der Waals surface area contributed by atoms with E-state index in [0.717, 1.165) is 0 Å². The van der Waals surface area contributed by atoms with E-state index in [2.05, 4.69) is 5.32 Å². The van der Waals surface area contributed by atoms with Gasteiger partial charge in [-0.3, -0.25) is 0 Å². The van der Waals surface area contributed by atoms with Crippen LogP contribution in [0.5, 0.6) is 17.2 Å². The van der Waals surface area contributed by atoms with E-state index in [1.165, 1.54) is 20.5 Å². The maximum absolute atomic E-state index is 11.1. The van der Waals surface area contributed by atoms with E-state index >= 15 is 0 Å². The number of aromatic hydroxyl groups is 2. The normalized spacial score (nSPS) is 30.0. The van der Waals surface area contributed by atoms with Crippen molar-refractivity contribution in [1.82, 2.24) is 5.32 Å². The number of amides is 1. The van der Waals surface area contributed by atoms with E-state index in [1.54, 1.807) is 6.92 Å². The number of anilines is 1. The summed E-state index contributed by atoms with van der Waals surface area (Å²) in [7, 11) is 2.93. The molecule has 0 radical (unpaired) electrons. The molecular weight excluding hydrogens is 330 g/mol. The van der Waals surface area contributed by atoms with Gasteiger partial charge in [0.05, 0.1) is 30.0 Å². The first-order chi connectivity index (χ1) is 11.9. The van der Waals surface area contributed by atoms with E-state index < -0.39 is 11.8 Å². The molecule has 2 saturated heterocycles. The Labute approximate surface area is 143 Å². The van der Waals surface area contributed by atoms with Crippen molar-refractivity contribution in [2.24, 2.45) is 5.73 Å². The van der Waals surface area contributed by atoms with Crippen LogP contribution in [0.3, 0.4) is 0 Å². The van der Waals surface area contributed by atoms with E-state index in [4.69, 9.17) is 19.9 Å². The highest BCUT2D eigenvalue weighted by Crippen LogP contribution is 2.63. The number of benzene rings is 1. The van der Waals surface area contributed by atoms with Crippen molar-refractivity contribution in [3.63, 3.8) is 0 Å². The first-order valence-electron chi connectivity index (χ1n) is 7.76. The van der Waals surface area contributed by atoms with Crippen LogP contribution in [-0.4, -0.2) is 54.9 Å². The standard InChI is InChI=1S/C16H19N3O6/c1-6-11(20)10-9(12(21)13(6)23-2)7(5-25-15(17)22)16(24-3)14-8(18-14)4-19(10)16/h5,8,14,18,20-21H,4H2,1-3H3,(H2,17,22)/t8-,14-,16+/m0/s1. The number of carbonyl (C=O) groups is 1. The smallest absolute Gasteiger partial charge is 0.409 e. The number of rotatable bonds is 3. The molecular formula is C16H19N3O6. The summed E-state index contributed by atoms with van der Waals surface area (Å²) in [5.74, 6) is -0.0287. The molecule has 0 aliphatic carbocycles.